The molecule has 0 radical (unpaired) electrons. The largest absolute Gasteiger partial charge is 0.383 e. The Morgan fingerprint density at radius 1 is 1.12 bits per heavy atom. The Labute approximate surface area is 138 Å². The normalized spacial score (nSPS) is 12.5. The molecule has 1 aliphatic rings. The lowest BCUT2D eigenvalue weighted by Gasteiger charge is -2.17. The van der Waals surface area contributed by atoms with Gasteiger partial charge in [-0.2, -0.15) is 5.10 Å². The first-order valence-electron chi connectivity index (χ1n) is 7.94. The van der Waals surface area contributed by atoms with Crippen molar-refractivity contribution in [2.45, 2.75) is 6.54 Å². The van der Waals surface area contributed by atoms with E-state index in [1.165, 1.54) is 0 Å². The van der Waals surface area contributed by atoms with Crippen molar-refractivity contribution in [1.82, 2.24) is 14.8 Å². The fraction of sp³-hybridized carbons (Fsp3) is 0.235. The van der Waals surface area contributed by atoms with Crippen molar-refractivity contribution in [2.75, 3.05) is 25.0 Å². The van der Waals surface area contributed by atoms with Gasteiger partial charge in [0, 0.05) is 36.9 Å². The van der Waals surface area contributed by atoms with Crippen LogP contribution < -0.4 is 16.8 Å². The number of anilines is 1. The minimum Gasteiger partial charge on any atom is -0.383 e. The molecule has 1 aromatic carbocycles. The third kappa shape index (κ3) is 2.02. The predicted octanol–water partition coefficient (Wildman–Crippen LogP) is 0.972. The van der Waals surface area contributed by atoms with E-state index in [0.29, 0.717) is 43.0 Å². The second-order valence-electron chi connectivity index (χ2n) is 5.69. The van der Waals surface area contributed by atoms with Gasteiger partial charge in [0.25, 0.3) is 0 Å². The number of pyridine rings is 1. The maximum atomic E-state index is 13.1. The van der Waals surface area contributed by atoms with Crippen LogP contribution in [0.25, 0.3) is 22.3 Å². The highest BCUT2D eigenvalue weighted by molar-refractivity contribution is 6.27. The summed E-state index contributed by atoms with van der Waals surface area (Å²) in [5.74, 6) is -0.0389. The SMILES string of the molecule is NCCNc1ccc2c3c(nn2CCN)-c2ncccc2C(=O)c13. The van der Waals surface area contributed by atoms with E-state index in [4.69, 9.17) is 11.5 Å². The third-order valence-electron chi connectivity index (χ3n) is 4.22. The van der Waals surface area contributed by atoms with Crippen LogP contribution in [0, 0.1) is 0 Å². The zero-order chi connectivity index (χ0) is 16.7. The molecule has 0 spiro atoms. The number of carbonyl (C=O) groups excluding carboxylic acids is 1. The Bertz CT molecular complexity index is 946. The van der Waals surface area contributed by atoms with E-state index >= 15 is 0 Å². The van der Waals surface area contributed by atoms with Crippen LogP contribution in [0.3, 0.4) is 0 Å². The molecule has 7 heteroatoms. The van der Waals surface area contributed by atoms with Gasteiger partial charge in [0.1, 0.15) is 11.4 Å². The number of nitrogens with one attached hydrogen (secondary N) is 1. The van der Waals surface area contributed by atoms with E-state index in [2.05, 4.69) is 15.4 Å². The molecule has 0 unspecified atom stereocenters. The Hall–Kier alpha value is -2.77. The predicted molar refractivity (Wildman–Crippen MR) is 93.0 cm³/mol. The van der Waals surface area contributed by atoms with Crippen LogP contribution in [0.1, 0.15) is 15.9 Å². The van der Waals surface area contributed by atoms with Crippen molar-refractivity contribution < 1.29 is 4.79 Å². The lowest BCUT2D eigenvalue weighted by molar-refractivity contribution is 0.104. The highest BCUT2D eigenvalue weighted by Crippen LogP contribution is 2.40. The number of carbonyl (C=O) groups is 1. The summed E-state index contributed by atoms with van der Waals surface area (Å²) < 4.78 is 1.85. The first-order valence-corrected chi connectivity index (χ1v) is 7.94. The quantitative estimate of drug-likeness (QED) is 0.505. The summed E-state index contributed by atoms with van der Waals surface area (Å²) in [5.41, 5.74) is 15.6. The number of nitrogens with two attached hydrogens (primary N) is 2. The van der Waals surface area contributed by atoms with Gasteiger partial charge in [-0.3, -0.25) is 14.5 Å². The van der Waals surface area contributed by atoms with Gasteiger partial charge in [0.2, 0.25) is 0 Å². The summed E-state index contributed by atoms with van der Waals surface area (Å²) in [4.78, 5) is 17.5. The molecule has 0 bridgehead atoms. The first kappa shape index (κ1) is 14.8. The average molecular weight is 322 g/mol. The summed E-state index contributed by atoms with van der Waals surface area (Å²) in [6.45, 7) is 2.14. The zero-order valence-electron chi connectivity index (χ0n) is 13.1. The third-order valence-corrected chi connectivity index (χ3v) is 4.22. The van der Waals surface area contributed by atoms with Crippen LogP contribution in [0.4, 0.5) is 5.69 Å². The zero-order valence-corrected chi connectivity index (χ0v) is 13.1. The van der Waals surface area contributed by atoms with Gasteiger partial charge in [-0.15, -0.1) is 0 Å². The molecule has 0 saturated carbocycles. The highest BCUT2D eigenvalue weighted by Gasteiger charge is 2.31. The fourth-order valence-electron chi connectivity index (χ4n) is 3.23. The van der Waals surface area contributed by atoms with Crippen LogP contribution in [-0.2, 0) is 6.54 Å². The molecule has 0 aliphatic heterocycles. The van der Waals surface area contributed by atoms with Crippen LogP contribution in [-0.4, -0.2) is 40.2 Å². The van der Waals surface area contributed by atoms with Crippen LogP contribution >= 0.6 is 0 Å². The summed E-state index contributed by atoms with van der Waals surface area (Å²) >= 11 is 0. The average Bonchev–Trinajstić information content (AvgIpc) is 2.97. The molecule has 7 nitrogen and oxygen atoms in total. The Morgan fingerprint density at radius 3 is 2.79 bits per heavy atom. The second-order valence-corrected chi connectivity index (χ2v) is 5.69. The molecule has 0 saturated heterocycles. The Balaban J connectivity index is 2.05. The lowest BCUT2D eigenvalue weighted by atomic mass is 9.89. The molecular weight excluding hydrogens is 304 g/mol. The molecule has 122 valence electrons. The fourth-order valence-corrected chi connectivity index (χ4v) is 3.23. The van der Waals surface area contributed by atoms with Gasteiger partial charge >= 0.3 is 0 Å². The Morgan fingerprint density at radius 2 is 2.00 bits per heavy atom. The standard InChI is InChI=1S/C17H18N6O/c18-5-8-20-11-3-4-12-14-13(11)17(24)10-2-1-7-21-15(10)16(14)22-23(12)9-6-19/h1-4,7,20H,5-6,8-9,18-19H2. The van der Waals surface area contributed by atoms with Gasteiger partial charge in [-0.05, 0) is 24.3 Å². The van der Waals surface area contributed by atoms with Crippen molar-refractivity contribution in [2.24, 2.45) is 11.5 Å². The number of hydrogen-bond donors (Lipinski definition) is 3. The number of nitrogens with zero attached hydrogens (tertiary/aromatic N) is 3. The van der Waals surface area contributed by atoms with Crippen molar-refractivity contribution >= 4 is 22.4 Å². The highest BCUT2D eigenvalue weighted by atomic mass is 16.1. The molecule has 2 aromatic heterocycles. The van der Waals surface area contributed by atoms with E-state index in [1.54, 1.807) is 18.3 Å². The number of benzene rings is 1. The molecule has 1 aliphatic carbocycles. The number of fused-ring (bicyclic) bond motifs is 2. The maximum Gasteiger partial charge on any atom is 0.198 e. The summed E-state index contributed by atoms with van der Waals surface area (Å²) in [7, 11) is 0. The molecule has 5 N–H and O–H groups in total. The van der Waals surface area contributed by atoms with Crippen LogP contribution in [0.5, 0.6) is 0 Å². The van der Waals surface area contributed by atoms with Gasteiger partial charge < -0.3 is 16.8 Å². The molecule has 4 rings (SSSR count). The summed E-state index contributed by atoms with van der Waals surface area (Å²) in [6.07, 6.45) is 1.68. The van der Waals surface area contributed by atoms with Gasteiger partial charge in [0.05, 0.1) is 23.2 Å². The molecule has 2 heterocycles. The van der Waals surface area contributed by atoms with Gasteiger partial charge in [0.15, 0.2) is 5.78 Å². The van der Waals surface area contributed by atoms with E-state index < -0.39 is 0 Å². The summed E-state index contributed by atoms with van der Waals surface area (Å²) in [6, 6.07) is 7.43. The topological polar surface area (TPSA) is 112 Å². The van der Waals surface area contributed by atoms with Gasteiger partial charge in [-0.25, -0.2) is 0 Å². The maximum absolute atomic E-state index is 13.1. The van der Waals surface area contributed by atoms with Gasteiger partial charge in [-0.1, -0.05) is 0 Å². The van der Waals surface area contributed by atoms with Crippen molar-refractivity contribution in [3.8, 4) is 11.4 Å². The van der Waals surface area contributed by atoms with Crippen LogP contribution in [0.2, 0.25) is 0 Å². The number of ketones is 1. The number of hydrogen-bond acceptors (Lipinski definition) is 6. The molecular formula is C17H18N6O. The molecule has 0 fully saturated rings. The van der Waals surface area contributed by atoms with E-state index in [-0.39, 0.29) is 5.78 Å². The molecule has 0 amide bonds. The monoisotopic (exact) mass is 322 g/mol. The molecule has 0 atom stereocenters. The smallest absolute Gasteiger partial charge is 0.198 e. The number of rotatable bonds is 5. The van der Waals surface area contributed by atoms with E-state index in [1.807, 2.05) is 16.8 Å². The molecule has 24 heavy (non-hydrogen) atoms. The van der Waals surface area contributed by atoms with Crippen molar-refractivity contribution in [1.29, 1.82) is 0 Å². The lowest BCUT2D eigenvalue weighted by Crippen LogP contribution is -2.17. The molecule has 3 aromatic rings. The summed E-state index contributed by atoms with van der Waals surface area (Å²) in [5, 5.41) is 8.75. The minimum atomic E-state index is -0.0389. The van der Waals surface area contributed by atoms with Crippen molar-refractivity contribution in [3.63, 3.8) is 0 Å². The first-order chi connectivity index (χ1) is 11.8. The minimum absolute atomic E-state index is 0.0389. The number of aromatic nitrogens is 3. The van der Waals surface area contributed by atoms with Crippen LogP contribution in [0.15, 0.2) is 30.5 Å². The van der Waals surface area contributed by atoms with E-state index in [9.17, 15) is 4.79 Å². The Kier molecular flexibility index (Phi) is 3.51. The second kappa shape index (κ2) is 5.70. The van der Waals surface area contributed by atoms with Crippen molar-refractivity contribution in [3.05, 3.63) is 41.6 Å². The van der Waals surface area contributed by atoms with E-state index in [0.717, 1.165) is 22.3 Å².